The van der Waals surface area contributed by atoms with Crippen molar-refractivity contribution in [2.45, 2.75) is 0 Å². The fraction of sp³-hybridized carbons (Fsp3) is 0. The minimum absolute atomic E-state index is 0. The summed E-state index contributed by atoms with van der Waals surface area (Å²) in [5.41, 5.74) is -7.35. The van der Waals surface area contributed by atoms with Crippen LogP contribution in [0.4, 0.5) is 0 Å². The molecule has 0 radical (unpaired) electrons. The maximum atomic E-state index is 10.5. The van der Waals surface area contributed by atoms with Crippen LogP contribution in [0.25, 0.3) is 0 Å². The van der Waals surface area contributed by atoms with Gasteiger partial charge in [-0.25, -0.2) is 0 Å². The van der Waals surface area contributed by atoms with Crippen molar-refractivity contribution in [3.8, 4) is 0 Å². The molecule has 0 unspecified atom stereocenters. The summed E-state index contributed by atoms with van der Waals surface area (Å²) in [5.74, 6) is -20.5. The van der Waals surface area contributed by atoms with E-state index in [1.165, 1.54) is 0 Å². The topological polar surface area (TPSA) is 482 Å². The molecule has 63 heavy (non-hydrogen) atoms. The van der Waals surface area contributed by atoms with Gasteiger partial charge in [-0.05, 0) is 46.5 Å². The van der Waals surface area contributed by atoms with Gasteiger partial charge in [0.25, 0.3) is 0 Å². The SMILES string of the molecule is O=C([O-])c1ccc(C(=O)[O-])c(C(=O)[O-])c1.O=C([O-])c1ccc(C(=O)[O-])c(C(=O)[O-])c1.O=C([O-])c1ccc(C(=O)[O-])c(C(=O)[O-])c1.O=C([O-])c1ccc(C(=O)[O-])c(C(=O)[O-])c1.[Pb+4].[Pb+4].[Pb+4]. The van der Waals surface area contributed by atoms with Gasteiger partial charge in [-0.15, -0.1) is 0 Å². The second-order valence-corrected chi connectivity index (χ2v) is 10.5. The molecule has 312 valence electrons. The predicted octanol–water partition coefficient (Wildman–Crippen LogP) is -14.0. The molecule has 27 heteroatoms. The number of rotatable bonds is 12. The van der Waals surface area contributed by atoms with Crippen LogP contribution in [0.1, 0.15) is 124 Å². The van der Waals surface area contributed by atoms with Gasteiger partial charge in [-0.3, -0.25) is 0 Å². The van der Waals surface area contributed by atoms with Gasteiger partial charge in [0, 0.05) is 44.5 Å². The molecule has 0 heterocycles. The molecule has 0 aliphatic heterocycles. The van der Waals surface area contributed by atoms with E-state index in [-0.39, 0.29) is 81.9 Å². The van der Waals surface area contributed by atoms with Crippen LogP contribution in [-0.2, 0) is 0 Å². The van der Waals surface area contributed by atoms with E-state index in [2.05, 4.69) is 0 Å². The fourth-order valence-corrected chi connectivity index (χ4v) is 4.07. The van der Waals surface area contributed by atoms with Gasteiger partial charge < -0.3 is 119 Å². The summed E-state index contributed by atoms with van der Waals surface area (Å²) < 4.78 is 0. The number of carboxylic acid groups (broad SMARTS) is 12. The number of aromatic carboxylic acids is 12. The average molecular weight is 1450 g/mol. The summed E-state index contributed by atoms with van der Waals surface area (Å²) in [6.45, 7) is 0. The van der Waals surface area contributed by atoms with Gasteiger partial charge in [-0.1, -0.05) is 48.5 Å². The first-order valence-corrected chi connectivity index (χ1v) is 14.9. The van der Waals surface area contributed by atoms with Crippen LogP contribution in [0.5, 0.6) is 0 Å². The first-order valence-electron chi connectivity index (χ1n) is 14.9. The standard InChI is InChI=1S/4C9H6O6.3Pb/c4*10-7(11)4-1-2-5(8(12)13)6(3-4)9(14)15;;;/h4*1-3H,(H,10,11)(H,12,13)(H,14,15);;;/q;;;;3*+4/p-12. The third-order valence-electron chi connectivity index (χ3n) is 6.78. The Morgan fingerprint density at radius 2 is 0.333 bits per heavy atom. The maximum absolute atomic E-state index is 10.5. The van der Waals surface area contributed by atoms with E-state index in [0.29, 0.717) is 24.3 Å². The van der Waals surface area contributed by atoms with E-state index in [4.69, 9.17) is 0 Å². The maximum Gasteiger partial charge on any atom is 4.00 e. The summed E-state index contributed by atoms with van der Waals surface area (Å²) in [6, 6.07) is 9.48. The smallest absolute Gasteiger partial charge is 0.545 e. The molecule has 0 aliphatic rings. The first kappa shape index (κ1) is 60.6. The van der Waals surface area contributed by atoms with Crippen molar-refractivity contribution in [3.63, 3.8) is 0 Å². The molecule has 4 aromatic carbocycles. The molecule has 0 atom stereocenters. The molecule has 0 bridgehead atoms. The molecule has 0 aliphatic carbocycles. The van der Waals surface area contributed by atoms with Crippen LogP contribution in [0.3, 0.4) is 0 Å². The van der Waals surface area contributed by atoms with Crippen LogP contribution in [-0.4, -0.2) is 154 Å². The first-order chi connectivity index (χ1) is 27.7. The van der Waals surface area contributed by atoms with E-state index in [1.807, 2.05) is 0 Å². The zero-order valence-corrected chi connectivity index (χ0v) is 41.9. The van der Waals surface area contributed by atoms with Crippen molar-refractivity contribution >= 4 is 154 Å². The van der Waals surface area contributed by atoms with E-state index in [9.17, 15) is 119 Å². The normalized spacial score (nSPS) is 9.14. The molecule has 0 N–H and O–H groups in total. The quantitative estimate of drug-likeness (QED) is 0.119. The molecule has 4 aromatic rings. The Labute approximate surface area is 408 Å². The zero-order valence-electron chi connectivity index (χ0n) is 30.2. The molecule has 4 rings (SSSR count). The minimum Gasteiger partial charge on any atom is -0.545 e. The third kappa shape index (κ3) is 18.0. The van der Waals surface area contributed by atoms with Gasteiger partial charge in [0.2, 0.25) is 0 Å². The summed E-state index contributed by atoms with van der Waals surface area (Å²) in [6.07, 6.45) is 0. The Balaban J connectivity index is -0.000000750. The zero-order chi connectivity index (χ0) is 46.3. The second kappa shape index (κ2) is 27.3. The largest absolute Gasteiger partial charge is 4.00 e. The molecule has 24 nitrogen and oxygen atoms in total. The predicted molar refractivity (Wildman–Crippen MR) is 175 cm³/mol. The Morgan fingerprint density at radius 1 is 0.206 bits per heavy atom. The van der Waals surface area contributed by atoms with Crippen molar-refractivity contribution in [1.29, 1.82) is 0 Å². The fourth-order valence-electron chi connectivity index (χ4n) is 4.07. The van der Waals surface area contributed by atoms with Gasteiger partial charge in [0.1, 0.15) is 0 Å². The van der Waals surface area contributed by atoms with E-state index in [0.717, 1.165) is 48.5 Å². The number of hydrogen-bond acceptors (Lipinski definition) is 24. The van der Waals surface area contributed by atoms with E-state index in [1.54, 1.807) is 0 Å². The minimum atomic E-state index is -1.79. The number of hydrogen-bond donors (Lipinski definition) is 0. The molecule has 0 aromatic heterocycles. The summed E-state index contributed by atoms with van der Waals surface area (Å²) in [5, 5.41) is 125. The Kier molecular flexibility index (Phi) is 26.2. The Bertz CT molecular complexity index is 2150. The molecule has 0 spiro atoms. The molecule has 0 saturated heterocycles. The van der Waals surface area contributed by atoms with Crippen molar-refractivity contribution in [3.05, 3.63) is 140 Å². The van der Waals surface area contributed by atoms with E-state index < -0.39 is 138 Å². The van der Waals surface area contributed by atoms with Gasteiger partial charge in [0.15, 0.2) is 0 Å². The number of carbonyl (C=O) groups excluding carboxylic acids is 12. The second-order valence-electron chi connectivity index (χ2n) is 10.5. The molecular formula is C36H12O24Pb3. The summed E-state index contributed by atoms with van der Waals surface area (Å²) >= 11 is 0. The summed E-state index contributed by atoms with van der Waals surface area (Å²) in [7, 11) is 0. The van der Waals surface area contributed by atoms with Gasteiger partial charge >= 0.3 is 81.9 Å². The Morgan fingerprint density at radius 3 is 0.429 bits per heavy atom. The van der Waals surface area contributed by atoms with E-state index >= 15 is 0 Å². The average Bonchev–Trinajstić information content (AvgIpc) is 3.17. The third-order valence-corrected chi connectivity index (χ3v) is 6.78. The van der Waals surface area contributed by atoms with Gasteiger partial charge in [-0.2, -0.15) is 0 Å². The van der Waals surface area contributed by atoms with Crippen molar-refractivity contribution < 1.29 is 119 Å². The summed E-state index contributed by atoms with van der Waals surface area (Å²) in [4.78, 5) is 125. The van der Waals surface area contributed by atoms with Crippen molar-refractivity contribution in [1.82, 2.24) is 0 Å². The van der Waals surface area contributed by atoms with Crippen LogP contribution in [0, 0.1) is 0 Å². The van der Waals surface area contributed by atoms with Crippen LogP contribution in [0.2, 0.25) is 0 Å². The number of carboxylic acids is 12. The van der Waals surface area contributed by atoms with Gasteiger partial charge in [0.05, 0.1) is 71.6 Å². The van der Waals surface area contributed by atoms with Crippen LogP contribution < -0.4 is 61.3 Å². The van der Waals surface area contributed by atoms with Crippen LogP contribution >= 0.6 is 0 Å². The van der Waals surface area contributed by atoms with Crippen molar-refractivity contribution in [2.75, 3.05) is 0 Å². The molecular weight excluding hydrogens is 1440 g/mol. The van der Waals surface area contributed by atoms with Crippen LogP contribution in [0.15, 0.2) is 72.8 Å². The van der Waals surface area contributed by atoms with Crippen molar-refractivity contribution in [2.24, 2.45) is 0 Å². The molecule has 0 fully saturated rings. The monoisotopic (exact) mass is 1450 g/mol. The Hall–Kier alpha value is -6.71. The number of benzene rings is 4. The molecule has 0 saturated carbocycles. The number of carbonyl (C=O) groups is 12. The molecule has 0 amide bonds.